The Kier molecular flexibility index (Phi) is 2.32. The number of rotatable bonds is 2. The van der Waals surface area contributed by atoms with E-state index in [-0.39, 0.29) is 0 Å². The molecule has 1 aromatic carbocycles. The van der Waals surface area contributed by atoms with E-state index >= 15 is 0 Å². The Morgan fingerprint density at radius 1 is 1.38 bits per heavy atom. The van der Waals surface area contributed by atoms with Crippen LogP contribution in [0.25, 0.3) is 0 Å². The molecule has 0 bridgehead atoms. The predicted molar refractivity (Wildman–Crippen MR) is 54.1 cm³/mol. The Labute approximate surface area is 82.6 Å². The molecule has 0 radical (unpaired) electrons. The minimum atomic E-state index is 0.362. The first-order valence-corrected chi connectivity index (χ1v) is 4.85. The van der Waals surface area contributed by atoms with Crippen molar-refractivity contribution >= 4 is 17.3 Å². The van der Waals surface area contributed by atoms with Crippen LogP contribution in [0.2, 0.25) is 5.02 Å². The molecule has 0 aromatic heterocycles. The summed E-state index contributed by atoms with van der Waals surface area (Å²) in [4.78, 5) is 0. The van der Waals surface area contributed by atoms with Crippen LogP contribution in [0.1, 0.15) is 19.3 Å². The van der Waals surface area contributed by atoms with Gasteiger partial charge in [-0.15, -0.1) is 0 Å². The summed E-state index contributed by atoms with van der Waals surface area (Å²) in [6.07, 6.45) is 3.90. The van der Waals surface area contributed by atoms with Crippen molar-refractivity contribution in [1.82, 2.24) is 0 Å². The van der Waals surface area contributed by atoms with Crippen LogP contribution in [0.5, 0.6) is 5.75 Å². The van der Waals surface area contributed by atoms with E-state index < -0.39 is 0 Å². The molecule has 1 aromatic rings. The Hall–Kier alpha value is -0.890. The minimum Gasteiger partial charge on any atom is -0.489 e. The van der Waals surface area contributed by atoms with E-state index in [1.807, 2.05) is 6.07 Å². The number of hydrogen-bond acceptors (Lipinski definition) is 2. The van der Waals surface area contributed by atoms with Gasteiger partial charge in [-0.2, -0.15) is 0 Å². The van der Waals surface area contributed by atoms with Crippen molar-refractivity contribution in [1.29, 1.82) is 0 Å². The molecular formula is C10H12ClNO. The van der Waals surface area contributed by atoms with Gasteiger partial charge in [0.05, 0.1) is 11.1 Å². The van der Waals surface area contributed by atoms with Crippen molar-refractivity contribution in [2.75, 3.05) is 5.73 Å². The molecule has 1 fully saturated rings. The summed E-state index contributed by atoms with van der Waals surface area (Å²) in [5.74, 6) is 0.751. The number of nitrogens with two attached hydrogens (primary N) is 1. The van der Waals surface area contributed by atoms with E-state index in [0.717, 1.165) is 18.6 Å². The molecule has 0 spiro atoms. The lowest BCUT2D eigenvalue weighted by molar-refractivity contribution is 0.120. The molecule has 0 aliphatic heterocycles. The fourth-order valence-electron chi connectivity index (χ4n) is 1.28. The summed E-state index contributed by atoms with van der Waals surface area (Å²) in [5, 5.41) is 0.604. The molecule has 13 heavy (non-hydrogen) atoms. The van der Waals surface area contributed by atoms with Crippen molar-refractivity contribution in [2.45, 2.75) is 25.4 Å². The topological polar surface area (TPSA) is 35.2 Å². The fraction of sp³-hybridized carbons (Fsp3) is 0.400. The monoisotopic (exact) mass is 197 g/mol. The summed E-state index contributed by atoms with van der Waals surface area (Å²) in [5.41, 5.74) is 6.24. The zero-order valence-electron chi connectivity index (χ0n) is 7.29. The maximum Gasteiger partial charge on any atom is 0.138 e. The van der Waals surface area contributed by atoms with Gasteiger partial charge in [-0.3, -0.25) is 0 Å². The van der Waals surface area contributed by atoms with Gasteiger partial charge in [0.1, 0.15) is 5.75 Å². The molecule has 2 N–H and O–H groups in total. The summed E-state index contributed by atoms with van der Waals surface area (Å²) >= 11 is 5.95. The first kappa shape index (κ1) is 8.70. The van der Waals surface area contributed by atoms with E-state index in [0.29, 0.717) is 16.8 Å². The highest BCUT2D eigenvalue weighted by molar-refractivity contribution is 6.32. The van der Waals surface area contributed by atoms with Crippen LogP contribution in [0, 0.1) is 0 Å². The van der Waals surface area contributed by atoms with Crippen molar-refractivity contribution in [3.8, 4) is 5.75 Å². The van der Waals surface area contributed by atoms with Crippen molar-refractivity contribution in [3.63, 3.8) is 0 Å². The maximum absolute atomic E-state index is 5.95. The summed E-state index contributed by atoms with van der Waals surface area (Å²) < 4.78 is 5.65. The Morgan fingerprint density at radius 3 is 2.69 bits per heavy atom. The van der Waals surface area contributed by atoms with E-state index in [1.54, 1.807) is 12.1 Å². The highest BCUT2D eigenvalue weighted by Crippen LogP contribution is 2.31. The van der Waals surface area contributed by atoms with E-state index in [9.17, 15) is 0 Å². The molecule has 3 heteroatoms. The average Bonchev–Trinajstić information content (AvgIpc) is 1.99. The molecule has 0 unspecified atom stereocenters. The van der Waals surface area contributed by atoms with Gasteiger partial charge in [-0.1, -0.05) is 11.6 Å². The van der Waals surface area contributed by atoms with Gasteiger partial charge in [0, 0.05) is 5.69 Å². The minimum absolute atomic E-state index is 0.362. The quantitative estimate of drug-likeness (QED) is 0.740. The maximum atomic E-state index is 5.95. The first-order valence-electron chi connectivity index (χ1n) is 4.47. The van der Waals surface area contributed by atoms with Gasteiger partial charge in [0.15, 0.2) is 0 Å². The molecule has 0 atom stereocenters. The van der Waals surface area contributed by atoms with Gasteiger partial charge in [-0.25, -0.2) is 0 Å². The molecule has 0 saturated heterocycles. The molecule has 2 rings (SSSR count). The molecule has 0 heterocycles. The van der Waals surface area contributed by atoms with Crippen molar-refractivity contribution in [3.05, 3.63) is 23.2 Å². The number of anilines is 1. The molecule has 1 aliphatic carbocycles. The average molecular weight is 198 g/mol. The zero-order chi connectivity index (χ0) is 9.26. The van der Waals surface area contributed by atoms with Crippen LogP contribution in [0.3, 0.4) is 0 Å². The second kappa shape index (κ2) is 3.46. The van der Waals surface area contributed by atoms with Crippen molar-refractivity contribution < 1.29 is 4.74 Å². The van der Waals surface area contributed by atoms with Gasteiger partial charge in [0.2, 0.25) is 0 Å². The Bertz CT molecular complexity index is 310. The molecule has 2 nitrogen and oxygen atoms in total. The third-order valence-corrected chi connectivity index (χ3v) is 2.60. The van der Waals surface area contributed by atoms with Gasteiger partial charge >= 0.3 is 0 Å². The second-order valence-electron chi connectivity index (χ2n) is 3.36. The summed E-state index contributed by atoms with van der Waals surface area (Å²) in [7, 11) is 0. The van der Waals surface area contributed by atoms with E-state index in [1.165, 1.54) is 6.42 Å². The largest absolute Gasteiger partial charge is 0.489 e. The van der Waals surface area contributed by atoms with Crippen LogP contribution in [0.15, 0.2) is 18.2 Å². The smallest absolute Gasteiger partial charge is 0.138 e. The van der Waals surface area contributed by atoms with Crippen LogP contribution in [0.4, 0.5) is 5.69 Å². The number of ether oxygens (including phenoxy) is 1. The first-order chi connectivity index (χ1) is 6.25. The van der Waals surface area contributed by atoms with Crippen LogP contribution in [-0.4, -0.2) is 6.10 Å². The van der Waals surface area contributed by atoms with Crippen molar-refractivity contribution in [2.24, 2.45) is 0 Å². The molecule has 1 aliphatic rings. The highest BCUT2D eigenvalue weighted by atomic mass is 35.5. The van der Waals surface area contributed by atoms with E-state index in [2.05, 4.69) is 0 Å². The summed E-state index contributed by atoms with van der Waals surface area (Å²) in [6.45, 7) is 0. The molecule has 1 saturated carbocycles. The number of benzene rings is 1. The van der Waals surface area contributed by atoms with Gasteiger partial charge < -0.3 is 10.5 Å². The van der Waals surface area contributed by atoms with E-state index in [4.69, 9.17) is 22.1 Å². The van der Waals surface area contributed by atoms with Crippen LogP contribution >= 0.6 is 11.6 Å². The number of halogens is 1. The lowest BCUT2D eigenvalue weighted by Crippen LogP contribution is -2.24. The summed E-state index contributed by atoms with van der Waals surface area (Å²) in [6, 6.07) is 5.35. The van der Waals surface area contributed by atoms with Gasteiger partial charge in [-0.05, 0) is 37.5 Å². The molecule has 70 valence electrons. The lowest BCUT2D eigenvalue weighted by Gasteiger charge is -2.26. The molecular weight excluding hydrogens is 186 g/mol. The number of hydrogen-bond donors (Lipinski definition) is 1. The zero-order valence-corrected chi connectivity index (χ0v) is 8.05. The molecule has 0 amide bonds. The number of nitrogen functional groups attached to an aromatic ring is 1. The third-order valence-electron chi connectivity index (χ3n) is 2.30. The standard InChI is InChI=1S/C10H12ClNO/c11-9-6-7(12)4-5-10(9)13-8-2-1-3-8/h4-6,8H,1-3,12H2. The predicted octanol–water partition coefficient (Wildman–Crippen LogP) is 2.85. The normalized spacial score (nSPS) is 16.7. The Balaban J connectivity index is 2.10. The fourth-order valence-corrected chi connectivity index (χ4v) is 1.51. The van der Waals surface area contributed by atoms with Crippen LogP contribution < -0.4 is 10.5 Å². The second-order valence-corrected chi connectivity index (χ2v) is 3.77. The van der Waals surface area contributed by atoms with Crippen LogP contribution in [-0.2, 0) is 0 Å². The lowest BCUT2D eigenvalue weighted by atomic mass is 9.96. The highest BCUT2D eigenvalue weighted by Gasteiger charge is 2.19. The third kappa shape index (κ3) is 1.89. The Morgan fingerprint density at radius 2 is 2.15 bits per heavy atom. The van der Waals surface area contributed by atoms with Gasteiger partial charge in [0.25, 0.3) is 0 Å². The SMILES string of the molecule is Nc1ccc(OC2CCC2)c(Cl)c1.